The Kier molecular flexibility index (Phi) is 6.26. The van der Waals surface area contributed by atoms with Crippen LogP contribution in [0.1, 0.15) is 47.5 Å². The lowest BCUT2D eigenvalue weighted by molar-refractivity contribution is 0.627. The molecule has 0 atom stereocenters. The van der Waals surface area contributed by atoms with Gasteiger partial charge in [0.1, 0.15) is 17.3 Å². The zero-order valence-corrected chi connectivity index (χ0v) is 18.7. The molecule has 0 fully saturated rings. The number of imidazole rings is 1. The standard InChI is InChI=1S/C27H27FN4/c1-4-24-27(32-17-18(2)5-14-26(32)31-24)19(3)30-25(29)16-22-8-6-20(7-9-22)15-21-10-12-23(28)13-11-21/h5-14,17,29H,4,15-16H2,1-3H3. The average Bonchev–Trinajstić information content (AvgIpc) is 3.14. The molecule has 0 radical (unpaired) electrons. The summed E-state index contributed by atoms with van der Waals surface area (Å²) in [6.45, 7) is 6.10. The maximum Gasteiger partial charge on any atom is 0.137 e. The van der Waals surface area contributed by atoms with E-state index in [9.17, 15) is 4.39 Å². The van der Waals surface area contributed by atoms with Crippen LogP contribution in [0.15, 0.2) is 71.9 Å². The summed E-state index contributed by atoms with van der Waals surface area (Å²) in [4.78, 5) is 9.33. The minimum absolute atomic E-state index is 0.219. The topological polar surface area (TPSA) is 53.5 Å². The zero-order chi connectivity index (χ0) is 22.7. The molecule has 32 heavy (non-hydrogen) atoms. The number of halogens is 1. The van der Waals surface area contributed by atoms with E-state index in [2.05, 4.69) is 47.6 Å². The number of aryl methyl sites for hydroxylation is 2. The van der Waals surface area contributed by atoms with Gasteiger partial charge in [0.05, 0.1) is 17.1 Å². The summed E-state index contributed by atoms with van der Waals surface area (Å²) in [6, 6.07) is 18.9. The molecule has 0 saturated carbocycles. The summed E-state index contributed by atoms with van der Waals surface area (Å²) in [7, 11) is 0. The van der Waals surface area contributed by atoms with Crippen molar-refractivity contribution < 1.29 is 4.39 Å². The van der Waals surface area contributed by atoms with Crippen LogP contribution >= 0.6 is 0 Å². The van der Waals surface area contributed by atoms with Crippen LogP contribution in [0.5, 0.6) is 0 Å². The number of aromatic nitrogens is 2. The van der Waals surface area contributed by atoms with Crippen molar-refractivity contribution in [3.8, 4) is 0 Å². The van der Waals surface area contributed by atoms with Gasteiger partial charge in [-0.3, -0.25) is 9.81 Å². The van der Waals surface area contributed by atoms with Crippen molar-refractivity contribution in [1.29, 1.82) is 5.41 Å². The molecule has 0 aliphatic heterocycles. The number of nitrogens with zero attached hydrogens (tertiary/aromatic N) is 3. The lowest BCUT2D eigenvalue weighted by Crippen LogP contribution is -2.08. The van der Waals surface area contributed by atoms with Crippen molar-refractivity contribution in [1.82, 2.24) is 9.38 Å². The van der Waals surface area contributed by atoms with E-state index in [1.165, 1.54) is 12.1 Å². The molecular weight excluding hydrogens is 399 g/mol. The maximum absolute atomic E-state index is 13.1. The van der Waals surface area contributed by atoms with Crippen molar-refractivity contribution in [3.63, 3.8) is 0 Å². The monoisotopic (exact) mass is 426 g/mol. The Morgan fingerprint density at radius 3 is 2.25 bits per heavy atom. The molecule has 2 aromatic carbocycles. The first kappa shape index (κ1) is 21.6. The molecule has 0 aliphatic rings. The first-order valence-electron chi connectivity index (χ1n) is 10.9. The van der Waals surface area contributed by atoms with Crippen molar-refractivity contribution in [2.45, 2.75) is 40.0 Å². The summed E-state index contributed by atoms with van der Waals surface area (Å²) >= 11 is 0. The summed E-state index contributed by atoms with van der Waals surface area (Å²) in [6.07, 6.45) is 4.10. The molecule has 0 saturated heterocycles. The molecule has 4 aromatic rings. The van der Waals surface area contributed by atoms with E-state index in [4.69, 9.17) is 10.4 Å². The lowest BCUT2D eigenvalue weighted by atomic mass is 10.0. The quantitative estimate of drug-likeness (QED) is 0.300. The average molecular weight is 427 g/mol. The van der Waals surface area contributed by atoms with Crippen molar-refractivity contribution in [2.75, 3.05) is 0 Å². The van der Waals surface area contributed by atoms with Gasteiger partial charge in [0.25, 0.3) is 0 Å². The van der Waals surface area contributed by atoms with Gasteiger partial charge in [-0.15, -0.1) is 0 Å². The Hall–Kier alpha value is -3.60. The minimum atomic E-state index is -0.219. The second-order valence-electron chi connectivity index (χ2n) is 8.14. The Morgan fingerprint density at radius 1 is 0.969 bits per heavy atom. The van der Waals surface area contributed by atoms with E-state index in [1.807, 2.05) is 37.3 Å². The SMILES string of the molecule is CCc1nc2ccc(C)cn2c1C(C)=NC(=N)Cc1ccc(Cc2ccc(F)cc2)cc1. The highest BCUT2D eigenvalue weighted by Crippen LogP contribution is 2.17. The highest BCUT2D eigenvalue weighted by atomic mass is 19.1. The molecule has 162 valence electrons. The van der Waals surface area contributed by atoms with E-state index in [-0.39, 0.29) is 5.82 Å². The van der Waals surface area contributed by atoms with E-state index in [0.29, 0.717) is 12.3 Å². The molecule has 0 bridgehead atoms. The summed E-state index contributed by atoms with van der Waals surface area (Å²) < 4.78 is 15.2. The van der Waals surface area contributed by atoms with Crippen LogP contribution in [0.2, 0.25) is 0 Å². The third-order valence-electron chi connectivity index (χ3n) is 5.53. The molecule has 0 unspecified atom stereocenters. The number of rotatable bonds is 6. The van der Waals surface area contributed by atoms with Crippen LogP contribution in [0.25, 0.3) is 5.65 Å². The molecule has 0 aliphatic carbocycles. The summed E-state index contributed by atoms with van der Waals surface area (Å²) in [5, 5.41) is 8.44. The van der Waals surface area contributed by atoms with Gasteiger partial charge in [-0.25, -0.2) is 14.4 Å². The van der Waals surface area contributed by atoms with Crippen molar-refractivity contribution in [3.05, 3.63) is 106 Å². The number of hydrogen-bond donors (Lipinski definition) is 1. The van der Waals surface area contributed by atoms with E-state index in [0.717, 1.165) is 57.8 Å². The minimum Gasteiger partial charge on any atom is -0.298 e. The third kappa shape index (κ3) is 4.83. The van der Waals surface area contributed by atoms with Crippen LogP contribution in [0.3, 0.4) is 0 Å². The molecule has 5 heteroatoms. The zero-order valence-electron chi connectivity index (χ0n) is 18.7. The highest BCUT2D eigenvalue weighted by molar-refractivity contribution is 6.06. The number of fused-ring (bicyclic) bond motifs is 1. The van der Waals surface area contributed by atoms with E-state index in [1.54, 1.807) is 0 Å². The second kappa shape index (κ2) is 9.27. The van der Waals surface area contributed by atoms with Gasteiger partial charge >= 0.3 is 0 Å². The van der Waals surface area contributed by atoms with Gasteiger partial charge < -0.3 is 0 Å². The molecule has 2 aromatic heterocycles. The molecule has 0 amide bonds. The molecule has 4 nitrogen and oxygen atoms in total. The Balaban J connectivity index is 1.49. The summed E-state index contributed by atoms with van der Waals surface area (Å²) in [5.41, 5.74) is 8.10. The molecule has 2 heterocycles. The predicted molar refractivity (Wildman–Crippen MR) is 129 cm³/mol. The maximum atomic E-state index is 13.1. The fourth-order valence-corrected chi connectivity index (χ4v) is 3.93. The fraction of sp³-hybridized carbons (Fsp3) is 0.222. The lowest BCUT2D eigenvalue weighted by Gasteiger charge is -2.07. The van der Waals surface area contributed by atoms with Crippen LogP contribution in [-0.2, 0) is 19.3 Å². The van der Waals surface area contributed by atoms with Gasteiger partial charge in [-0.1, -0.05) is 49.4 Å². The largest absolute Gasteiger partial charge is 0.298 e. The van der Waals surface area contributed by atoms with Crippen LogP contribution in [-0.4, -0.2) is 20.9 Å². The molecule has 1 N–H and O–H groups in total. The molecule has 0 spiro atoms. The highest BCUT2D eigenvalue weighted by Gasteiger charge is 2.14. The Labute approximate surface area is 188 Å². The van der Waals surface area contributed by atoms with Gasteiger partial charge in [-0.05, 0) is 67.1 Å². The van der Waals surface area contributed by atoms with Crippen LogP contribution < -0.4 is 0 Å². The predicted octanol–water partition coefficient (Wildman–Crippen LogP) is 5.96. The van der Waals surface area contributed by atoms with Gasteiger partial charge in [-0.2, -0.15) is 0 Å². The smallest absolute Gasteiger partial charge is 0.137 e. The van der Waals surface area contributed by atoms with Crippen molar-refractivity contribution in [2.24, 2.45) is 4.99 Å². The summed E-state index contributed by atoms with van der Waals surface area (Å²) in [5.74, 6) is 0.0991. The first-order chi connectivity index (χ1) is 15.4. The van der Waals surface area contributed by atoms with Gasteiger partial charge in [0.15, 0.2) is 0 Å². The van der Waals surface area contributed by atoms with Crippen molar-refractivity contribution >= 4 is 17.2 Å². The normalized spacial score (nSPS) is 11.8. The number of hydrogen-bond acceptors (Lipinski definition) is 2. The van der Waals surface area contributed by atoms with E-state index < -0.39 is 0 Å². The number of benzene rings is 2. The molecular formula is C27H27FN4. The number of aliphatic imine (C=N–C) groups is 1. The second-order valence-corrected chi connectivity index (χ2v) is 8.14. The van der Waals surface area contributed by atoms with Gasteiger partial charge in [0.2, 0.25) is 0 Å². The molecule has 4 rings (SSSR count). The Morgan fingerprint density at radius 2 is 1.59 bits per heavy atom. The number of nitrogens with one attached hydrogen (secondary N) is 1. The first-order valence-corrected chi connectivity index (χ1v) is 10.9. The van der Waals surface area contributed by atoms with Gasteiger partial charge in [0, 0.05) is 12.6 Å². The van der Waals surface area contributed by atoms with Crippen LogP contribution in [0, 0.1) is 18.2 Å². The Bertz CT molecular complexity index is 1280. The number of pyridine rings is 1. The van der Waals surface area contributed by atoms with E-state index >= 15 is 0 Å². The number of amidine groups is 1. The fourth-order valence-electron chi connectivity index (χ4n) is 3.93. The third-order valence-corrected chi connectivity index (χ3v) is 5.53. The van der Waals surface area contributed by atoms with Crippen LogP contribution in [0.4, 0.5) is 4.39 Å².